The number of halogens is 2. The number of ether oxygens (including phenoxy) is 2. The highest BCUT2D eigenvalue weighted by Crippen LogP contribution is 2.44. The van der Waals surface area contributed by atoms with E-state index < -0.39 is 0 Å². The van der Waals surface area contributed by atoms with Gasteiger partial charge in [0.25, 0.3) is 0 Å². The van der Waals surface area contributed by atoms with Crippen molar-refractivity contribution in [3.63, 3.8) is 0 Å². The lowest BCUT2D eigenvalue weighted by Gasteiger charge is -2.27. The zero-order valence-electron chi connectivity index (χ0n) is 10.2. The van der Waals surface area contributed by atoms with E-state index in [1.54, 1.807) is 0 Å². The summed E-state index contributed by atoms with van der Waals surface area (Å²) in [5.41, 5.74) is -0.232. The van der Waals surface area contributed by atoms with Gasteiger partial charge >= 0.3 is 0 Å². The molecule has 1 saturated heterocycles. The second-order valence-electron chi connectivity index (χ2n) is 5.40. The third kappa shape index (κ3) is 2.55. The lowest BCUT2D eigenvalue weighted by molar-refractivity contribution is 0.0935. The van der Waals surface area contributed by atoms with Gasteiger partial charge in [-0.2, -0.15) is 0 Å². The highest BCUT2D eigenvalue weighted by molar-refractivity contribution is 6.32. The second kappa shape index (κ2) is 4.14. The summed E-state index contributed by atoms with van der Waals surface area (Å²) in [6.07, 6.45) is 0. The van der Waals surface area contributed by atoms with Crippen LogP contribution in [0.4, 0.5) is 4.39 Å². The molecule has 0 aromatic heterocycles. The van der Waals surface area contributed by atoms with Crippen LogP contribution in [-0.4, -0.2) is 18.8 Å². The maximum Gasteiger partial charge on any atom is 0.138 e. The first-order valence-electron chi connectivity index (χ1n) is 5.56. The third-order valence-corrected chi connectivity index (χ3v) is 3.51. The molecule has 2 nitrogen and oxygen atoms in total. The summed E-state index contributed by atoms with van der Waals surface area (Å²) in [4.78, 5) is 0. The van der Waals surface area contributed by atoms with Crippen molar-refractivity contribution in [1.82, 2.24) is 0 Å². The van der Waals surface area contributed by atoms with Crippen molar-refractivity contribution in [3.8, 4) is 5.75 Å². The molecule has 1 aliphatic rings. The minimum Gasteiger partial charge on any atom is -0.489 e. The molecule has 1 fully saturated rings. The zero-order chi connectivity index (χ0) is 12.7. The maximum atomic E-state index is 12.9. The van der Waals surface area contributed by atoms with Crippen molar-refractivity contribution in [2.75, 3.05) is 13.2 Å². The van der Waals surface area contributed by atoms with E-state index in [4.69, 9.17) is 21.1 Å². The number of benzene rings is 1. The molecule has 0 aliphatic carbocycles. The van der Waals surface area contributed by atoms with Crippen molar-refractivity contribution in [3.05, 3.63) is 29.0 Å². The Hall–Kier alpha value is -0.800. The topological polar surface area (TPSA) is 21.8 Å². The summed E-state index contributed by atoms with van der Waals surface area (Å²) in [5.74, 6) is 0.128. The summed E-state index contributed by atoms with van der Waals surface area (Å²) < 4.78 is 24.0. The molecule has 4 heteroatoms. The van der Waals surface area contributed by atoms with Gasteiger partial charge in [-0.3, -0.25) is 0 Å². The highest BCUT2D eigenvalue weighted by Gasteiger charge is 2.55. The molecule has 1 heterocycles. The van der Waals surface area contributed by atoms with Gasteiger partial charge in [0.2, 0.25) is 0 Å². The Morgan fingerprint density at radius 2 is 2.12 bits per heavy atom. The van der Waals surface area contributed by atoms with E-state index in [0.29, 0.717) is 19.0 Å². The number of rotatable bonds is 3. The van der Waals surface area contributed by atoms with Gasteiger partial charge in [0.05, 0.1) is 11.6 Å². The fraction of sp³-hybridized carbons (Fsp3) is 0.538. The van der Waals surface area contributed by atoms with Gasteiger partial charge in [-0.25, -0.2) is 4.39 Å². The fourth-order valence-electron chi connectivity index (χ4n) is 1.61. The predicted octanol–water partition coefficient (Wildman–Crippen LogP) is 3.67. The second-order valence-corrected chi connectivity index (χ2v) is 5.80. The quantitative estimate of drug-likeness (QED) is 0.772. The lowest BCUT2D eigenvalue weighted by Crippen LogP contribution is -2.36. The molecule has 0 radical (unpaired) electrons. The van der Waals surface area contributed by atoms with Gasteiger partial charge in [-0.1, -0.05) is 32.4 Å². The van der Waals surface area contributed by atoms with E-state index in [2.05, 4.69) is 20.8 Å². The van der Waals surface area contributed by atoms with Crippen LogP contribution in [0.1, 0.15) is 20.8 Å². The molecule has 1 atom stereocenters. The molecular weight excluding hydrogens is 243 g/mol. The van der Waals surface area contributed by atoms with Gasteiger partial charge in [-0.05, 0) is 23.6 Å². The summed E-state index contributed by atoms with van der Waals surface area (Å²) in [7, 11) is 0. The third-order valence-electron chi connectivity index (χ3n) is 3.21. The molecule has 17 heavy (non-hydrogen) atoms. The van der Waals surface area contributed by atoms with Crippen LogP contribution in [-0.2, 0) is 4.74 Å². The van der Waals surface area contributed by atoms with Crippen molar-refractivity contribution in [2.24, 2.45) is 5.41 Å². The van der Waals surface area contributed by atoms with Gasteiger partial charge in [-0.15, -0.1) is 0 Å². The van der Waals surface area contributed by atoms with Crippen molar-refractivity contribution in [1.29, 1.82) is 0 Å². The Balaban J connectivity index is 2.04. The normalized spacial score (nSPS) is 23.6. The summed E-state index contributed by atoms with van der Waals surface area (Å²) in [6, 6.07) is 4.11. The first-order chi connectivity index (χ1) is 7.84. The number of epoxide rings is 1. The van der Waals surface area contributed by atoms with E-state index in [9.17, 15) is 4.39 Å². The SMILES string of the molecule is CC(C)(C)C1(COc2ccc(F)cc2Cl)CO1. The van der Waals surface area contributed by atoms with Crippen LogP contribution < -0.4 is 4.74 Å². The van der Waals surface area contributed by atoms with E-state index in [-0.39, 0.29) is 21.9 Å². The Morgan fingerprint density at radius 1 is 1.47 bits per heavy atom. The van der Waals surface area contributed by atoms with Crippen LogP contribution in [0, 0.1) is 11.2 Å². The van der Waals surface area contributed by atoms with Gasteiger partial charge in [0, 0.05) is 0 Å². The van der Waals surface area contributed by atoms with Crippen LogP contribution in [0.3, 0.4) is 0 Å². The molecule has 0 N–H and O–H groups in total. The predicted molar refractivity (Wildman–Crippen MR) is 65.0 cm³/mol. The fourth-order valence-corrected chi connectivity index (χ4v) is 1.83. The van der Waals surface area contributed by atoms with Gasteiger partial charge in [0.1, 0.15) is 23.8 Å². The highest BCUT2D eigenvalue weighted by atomic mass is 35.5. The van der Waals surface area contributed by atoms with E-state index in [0.717, 1.165) is 0 Å². The van der Waals surface area contributed by atoms with E-state index >= 15 is 0 Å². The number of hydrogen-bond acceptors (Lipinski definition) is 2. The van der Waals surface area contributed by atoms with Crippen molar-refractivity contribution < 1.29 is 13.9 Å². The Bertz CT molecular complexity index is 422. The Morgan fingerprint density at radius 3 is 2.59 bits per heavy atom. The lowest BCUT2D eigenvalue weighted by atomic mass is 9.81. The van der Waals surface area contributed by atoms with Crippen molar-refractivity contribution >= 4 is 11.6 Å². The average Bonchev–Trinajstić information content (AvgIpc) is 2.96. The van der Waals surface area contributed by atoms with Crippen LogP contribution in [0.2, 0.25) is 5.02 Å². The first-order valence-corrected chi connectivity index (χ1v) is 5.94. The summed E-state index contributed by atoms with van der Waals surface area (Å²) >= 11 is 5.89. The molecule has 0 amide bonds. The first kappa shape index (κ1) is 12.7. The Labute approximate surface area is 106 Å². The smallest absolute Gasteiger partial charge is 0.138 e. The monoisotopic (exact) mass is 258 g/mol. The molecule has 1 aromatic rings. The largest absolute Gasteiger partial charge is 0.489 e. The Kier molecular flexibility index (Phi) is 3.08. The van der Waals surface area contributed by atoms with E-state index in [1.165, 1.54) is 18.2 Å². The van der Waals surface area contributed by atoms with Gasteiger partial charge < -0.3 is 9.47 Å². The van der Waals surface area contributed by atoms with Crippen LogP contribution >= 0.6 is 11.6 Å². The van der Waals surface area contributed by atoms with Crippen LogP contribution in [0.25, 0.3) is 0 Å². The molecule has 1 unspecified atom stereocenters. The molecule has 2 rings (SSSR count). The average molecular weight is 259 g/mol. The maximum absolute atomic E-state index is 12.9. The molecule has 0 bridgehead atoms. The standard InChI is InChI=1S/C13H16ClFO2/c1-12(2,3)13(8-17-13)7-16-11-5-4-9(15)6-10(11)14/h4-6H,7-8H2,1-3H3. The van der Waals surface area contributed by atoms with Crippen molar-refractivity contribution in [2.45, 2.75) is 26.4 Å². The molecule has 94 valence electrons. The number of hydrogen-bond donors (Lipinski definition) is 0. The van der Waals surface area contributed by atoms with E-state index in [1.807, 2.05) is 0 Å². The minimum atomic E-state index is -0.365. The van der Waals surface area contributed by atoms with Crippen LogP contribution in [0.5, 0.6) is 5.75 Å². The summed E-state index contributed by atoms with van der Waals surface area (Å²) in [6.45, 7) is 7.44. The molecule has 0 saturated carbocycles. The van der Waals surface area contributed by atoms with Gasteiger partial charge in [0.15, 0.2) is 0 Å². The molecule has 1 aliphatic heterocycles. The molecular formula is C13H16ClFO2. The summed E-state index contributed by atoms with van der Waals surface area (Å²) in [5, 5.41) is 0.287. The molecule has 0 spiro atoms. The van der Waals surface area contributed by atoms with Crippen LogP contribution in [0.15, 0.2) is 18.2 Å². The zero-order valence-corrected chi connectivity index (χ0v) is 11.0. The molecule has 1 aromatic carbocycles. The minimum absolute atomic E-state index is 0.0134.